The lowest BCUT2D eigenvalue weighted by Crippen LogP contribution is -2.30. The first-order valence-electron chi connectivity index (χ1n) is 4.97. The Labute approximate surface area is 95.4 Å². The van der Waals surface area contributed by atoms with Gasteiger partial charge in [-0.05, 0) is 6.07 Å². The summed E-state index contributed by atoms with van der Waals surface area (Å²) in [6, 6.07) is 1.57. The van der Waals surface area contributed by atoms with E-state index in [9.17, 15) is 4.79 Å². The predicted octanol–water partition coefficient (Wildman–Crippen LogP) is -0.801. The van der Waals surface area contributed by atoms with E-state index in [1.54, 1.807) is 24.0 Å². The number of aliphatic hydroxyl groups is 1. The van der Waals surface area contributed by atoms with Crippen LogP contribution in [0.2, 0.25) is 0 Å². The van der Waals surface area contributed by atoms with Crippen molar-refractivity contribution in [3.63, 3.8) is 0 Å². The van der Waals surface area contributed by atoms with Crippen molar-refractivity contribution in [1.29, 1.82) is 0 Å². The van der Waals surface area contributed by atoms with Crippen molar-refractivity contribution in [3.05, 3.63) is 22.7 Å². The van der Waals surface area contributed by atoms with Gasteiger partial charge in [-0.2, -0.15) is 4.98 Å². The molecule has 7 heteroatoms. The molecule has 2 saturated heterocycles. The minimum absolute atomic E-state index is 0.0121. The highest BCUT2D eigenvalue weighted by atomic mass is 32.2. The van der Waals surface area contributed by atoms with E-state index in [2.05, 4.69) is 4.98 Å². The monoisotopic (exact) mass is 241 g/mol. The summed E-state index contributed by atoms with van der Waals surface area (Å²) in [5, 5.41) is 9.64. The Kier molecular flexibility index (Phi) is 2.20. The molecule has 3 heterocycles. The molecular weight excluding hydrogens is 230 g/mol. The minimum atomic E-state index is -0.408. The van der Waals surface area contributed by atoms with Gasteiger partial charge in [0.05, 0.1) is 23.2 Å². The zero-order valence-corrected chi connectivity index (χ0v) is 9.13. The fraction of sp³-hybridized carbons (Fsp3) is 0.556. The van der Waals surface area contributed by atoms with Crippen LogP contribution in [-0.4, -0.2) is 37.9 Å². The van der Waals surface area contributed by atoms with Crippen molar-refractivity contribution in [3.8, 4) is 0 Å². The summed E-state index contributed by atoms with van der Waals surface area (Å²) in [7, 11) is 0. The SMILES string of the molecule is Nc1ccn([C@@H]2O[C@H](CO)C3S[C@@H]32)c(=O)n1. The van der Waals surface area contributed by atoms with E-state index in [0.717, 1.165) is 0 Å². The van der Waals surface area contributed by atoms with Crippen molar-refractivity contribution in [1.82, 2.24) is 9.55 Å². The van der Waals surface area contributed by atoms with Gasteiger partial charge in [0.2, 0.25) is 0 Å². The number of rotatable bonds is 2. The molecule has 6 nitrogen and oxygen atoms in total. The number of thioether (sulfide) groups is 1. The lowest BCUT2D eigenvalue weighted by atomic mass is 10.2. The quantitative estimate of drug-likeness (QED) is 0.659. The Hall–Kier alpha value is -1.05. The van der Waals surface area contributed by atoms with Crippen LogP contribution in [0, 0.1) is 0 Å². The molecule has 0 spiro atoms. The second-order valence-corrected chi connectivity index (χ2v) is 5.22. The number of aliphatic hydroxyl groups excluding tert-OH is 1. The van der Waals surface area contributed by atoms with Gasteiger partial charge in [-0.1, -0.05) is 0 Å². The van der Waals surface area contributed by atoms with Gasteiger partial charge in [-0.15, -0.1) is 11.8 Å². The van der Waals surface area contributed by atoms with E-state index in [-0.39, 0.29) is 30.0 Å². The first-order valence-corrected chi connectivity index (χ1v) is 5.91. The lowest BCUT2D eigenvalue weighted by Gasteiger charge is -2.17. The standard InChI is InChI=1S/C9H11N3O3S/c10-5-1-2-12(9(14)11-5)8-7-6(16-7)4(3-13)15-8/h1-2,4,6-8,13H,3H2,(H2,10,11,14)/t4-,6?,7+,8-/m1/s1. The maximum absolute atomic E-state index is 11.6. The average Bonchev–Trinajstić information content (AvgIpc) is 2.96. The summed E-state index contributed by atoms with van der Waals surface area (Å²) in [5.41, 5.74) is 5.01. The van der Waals surface area contributed by atoms with E-state index in [1.165, 1.54) is 4.57 Å². The van der Waals surface area contributed by atoms with Crippen molar-refractivity contribution in [2.45, 2.75) is 22.8 Å². The van der Waals surface area contributed by atoms with Crippen LogP contribution in [0.15, 0.2) is 17.1 Å². The topological polar surface area (TPSA) is 90.4 Å². The molecular formula is C9H11N3O3S. The van der Waals surface area contributed by atoms with Crippen molar-refractivity contribution in [2.24, 2.45) is 0 Å². The second kappa shape index (κ2) is 3.47. The van der Waals surface area contributed by atoms with Gasteiger partial charge in [0.1, 0.15) is 5.82 Å². The third-order valence-corrected chi connectivity index (χ3v) is 4.27. The number of fused-ring (bicyclic) bond motifs is 1. The molecule has 0 radical (unpaired) electrons. The van der Waals surface area contributed by atoms with Crippen molar-refractivity contribution >= 4 is 17.6 Å². The smallest absolute Gasteiger partial charge is 0.351 e. The van der Waals surface area contributed by atoms with Crippen molar-refractivity contribution < 1.29 is 9.84 Å². The summed E-state index contributed by atoms with van der Waals surface area (Å²) in [5.74, 6) is 0.206. The molecule has 2 fully saturated rings. The van der Waals surface area contributed by atoms with Gasteiger partial charge >= 0.3 is 5.69 Å². The van der Waals surface area contributed by atoms with E-state index in [0.29, 0.717) is 5.25 Å². The summed E-state index contributed by atoms with van der Waals surface area (Å²) in [4.78, 5) is 15.3. The van der Waals surface area contributed by atoms with Crippen LogP contribution in [-0.2, 0) is 4.74 Å². The highest BCUT2D eigenvalue weighted by Gasteiger charge is 2.57. The third-order valence-electron chi connectivity index (χ3n) is 2.83. The highest BCUT2D eigenvalue weighted by Crippen LogP contribution is 2.56. The maximum atomic E-state index is 11.6. The van der Waals surface area contributed by atoms with Crippen LogP contribution in [0.1, 0.15) is 6.23 Å². The number of aromatic nitrogens is 2. The minimum Gasteiger partial charge on any atom is -0.394 e. The molecule has 1 aromatic rings. The molecule has 1 unspecified atom stereocenters. The Morgan fingerprint density at radius 3 is 3.06 bits per heavy atom. The van der Waals surface area contributed by atoms with Gasteiger partial charge in [0.15, 0.2) is 6.23 Å². The Morgan fingerprint density at radius 2 is 2.44 bits per heavy atom. The Bertz CT molecular complexity index is 477. The molecule has 4 atom stereocenters. The normalized spacial score (nSPS) is 36.1. The van der Waals surface area contributed by atoms with Crippen LogP contribution in [0.25, 0.3) is 0 Å². The molecule has 0 bridgehead atoms. The van der Waals surface area contributed by atoms with Crippen molar-refractivity contribution in [2.75, 3.05) is 12.3 Å². The Morgan fingerprint density at radius 1 is 1.62 bits per heavy atom. The molecule has 3 rings (SSSR count). The fourth-order valence-corrected chi connectivity index (χ4v) is 3.23. The van der Waals surface area contributed by atoms with Crippen LogP contribution in [0.4, 0.5) is 5.82 Å². The summed E-state index contributed by atoms with van der Waals surface area (Å²) >= 11 is 1.72. The number of nitrogens with two attached hydrogens (primary N) is 1. The zero-order valence-electron chi connectivity index (χ0n) is 8.31. The summed E-state index contributed by atoms with van der Waals surface area (Å²) in [6.07, 6.45) is 1.09. The first-order chi connectivity index (χ1) is 7.70. The van der Waals surface area contributed by atoms with Crippen LogP contribution >= 0.6 is 11.8 Å². The van der Waals surface area contributed by atoms with Crippen LogP contribution in [0.3, 0.4) is 0 Å². The number of ether oxygens (including phenoxy) is 1. The van der Waals surface area contributed by atoms with E-state index in [4.69, 9.17) is 15.6 Å². The van der Waals surface area contributed by atoms with Gasteiger partial charge in [0.25, 0.3) is 0 Å². The molecule has 3 N–H and O–H groups in total. The van der Waals surface area contributed by atoms with E-state index in [1.807, 2.05) is 0 Å². The molecule has 0 aliphatic carbocycles. The summed E-state index contributed by atoms with van der Waals surface area (Å²) in [6.45, 7) is -0.0121. The number of nitrogens with zero attached hydrogens (tertiary/aromatic N) is 2. The number of anilines is 1. The molecule has 1 aromatic heterocycles. The number of hydrogen-bond donors (Lipinski definition) is 2. The van der Waals surface area contributed by atoms with Crippen LogP contribution < -0.4 is 11.4 Å². The molecule has 0 aromatic carbocycles. The van der Waals surface area contributed by atoms with Crippen LogP contribution in [0.5, 0.6) is 0 Å². The average molecular weight is 241 g/mol. The first kappa shape index (κ1) is 10.1. The fourth-order valence-electron chi connectivity index (χ4n) is 1.99. The van der Waals surface area contributed by atoms with E-state index < -0.39 is 5.69 Å². The molecule has 2 aliphatic heterocycles. The molecule has 0 amide bonds. The van der Waals surface area contributed by atoms with Gasteiger partial charge < -0.3 is 15.6 Å². The lowest BCUT2D eigenvalue weighted by molar-refractivity contribution is -0.0253. The molecule has 86 valence electrons. The second-order valence-electron chi connectivity index (χ2n) is 3.86. The zero-order chi connectivity index (χ0) is 11.3. The Balaban J connectivity index is 1.91. The number of nitrogen functional groups attached to an aromatic ring is 1. The van der Waals surface area contributed by atoms with E-state index >= 15 is 0 Å². The third kappa shape index (κ3) is 1.43. The molecule has 2 aliphatic rings. The highest BCUT2D eigenvalue weighted by molar-refractivity contribution is 8.07. The number of hydrogen-bond acceptors (Lipinski definition) is 6. The largest absolute Gasteiger partial charge is 0.394 e. The van der Waals surface area contributed by atoms with Gasteiger partial charge in [-0.25, -0.2) is 4.79 Å². The van der Waals surface area contributed by atoms with Gasteiger partial charge in [-0.3, -0.25) is 4.57 Å². The summed E-state index contributed by atoms with van der Waals surface area (Å²) < 4.78 is 7.02. The van der Waals surface area contributed by atoms with Gasteiger partial charge in [0, 0.05) is 6.20 Å². The predicted molar refractivity (Wildman–Crippen MR) is 59.1 cm³/mol. The maximum Gasteiger partial charge on any atom is 0.351 e. The molecule has 0 saturated carbocycles. The molecule has 16 heavy (non-hydrogen) atoms.